The van der Waals surface area contributed by atoms with Gasteiger partial charge in [-0.3, -0.25) is 9.59 Å². The molecule has 158 valence electrons. The zero-order valence-corrected chi connectivity index (χ0v) is 18.2. The first-order valence-electron chi connectivity index (χ1n) is 10.1. The molecule has 0 atom stereocenters. The van der Waals surface area contributed by atoms with Gasteiger partial charge in [-0.05, 0) is 66.1 Å². The van der Waals surface area contributed by atoms with Crippen LogP contribution in [0.5, 0.6) is 0 Å². The Morgan fingerprint density at radius 3 is 2.63 bits per heavy atom. The lowest BCUT2D eigenvalue weighted by atomic mass is 9.90. The second kappa shape index (κ2) is 8.38. The molecule has 0 spiro atoms. The lowest BCUT2D eigenvalue weighted by Gasteiger charge is -2.18. The molecule has 3 aromatic rings. The average molecular weight is 410 g/mol. The molecule has 0 saturated heterocycles. The highest BCUT2D eigenvalue weighted by atomic mass is 19.1. The number of aryl methyl sites for hydroxylation is 2. The molecule has 0 radical (unpaired) electrons. The zero-order valence-electron chi connectivity index (χ0n) is 18.2. The first-order chi connectivity index (χ1) is 14.1. The van der Waals surface area contributed by atoms with Crippen LogP contribution in [0.3, 0.4) is 0 Å². The van der Waals surface area contributed by atoms with Crippen molar-refractivity contribution in [2.75, 3.05) is 6.54 Å². The predicted octanol–water partition coefficient (Wildman–Crippen LogP) is 4.60. The van der Waals surface area contributed by atoms with Gasteiger partial charge in [0.15, 0.2) is 0 Å². The molecular formula is C24H28FN3O2. The molecule has 6 heteroatoms. The number of carbonyl (C=O) groups is 1. The minimum absolute atomic E-state index is 0.0218. The number of hydrogen-bond acceptors (Lipinski definition) is 3. The van der Waals surface area contributed by atoms with Crippen LogP contribution >= 0.6 is 0 Å². The Morgan fingerprint density at radius 2 is 1.93 bits per heavy atom. The highest BCUT2D eigenvalue weighted by Crippen LogP contribution is 2.28. The van der Waals surface area contributed by atoms with Gasteiger partial charge in [-0.15, -0.1) is 0 Å². The molecule has 5 nitrogen and oxygen atoms in total. The van der Waals surface area contributed by atoms with Gasteiger partial charge in [-0.2, -0.15) is 5.10 Å². The summed E-state index contributed by atoms with van der Waals surface area (Å²) in [6.07, 6.45) is 3.43. The Balaban J connectivity index is 1.90. The number of rotatable bonds is 5. The van der Waals surface area contributed by atoms with Crippen LogP contribution in [0.4, 0.5) is 4.39 Å². The maximum atomic E-state index is 14.5. The Labute approximate surface area is 175 Å². The van der Waals surface area contributed by atoms with Crippen molar-refractivity contribution in [1.82, 2.24) is 15.1 Å². The highest BCUT2D eigenvalue weighted by molar-refractivity contribution is 5.96. The third kappa shape index (κ3) is 4.75. The molecule has 0 unspecified atom stereocenters. The number of halogens is 1. The van der Waals surface area contributed by atoms with Crippen LogP contribution < -0.4 is 10.9 Å². The number of nitrogens with one attached hydrogen (secondary N) is 1. The molecule has 2 aromatic carbocycles. The van der Waals surface area contributed by atoms with Crippen LogP contribution in [0.25, 0.3) is 21.9 Å². The van der Waals surface area contributed by atoms with Crippen molar-refractivity contribution in [1.29, 1.82) is 0 Å². The first kappa shape index (κ1) is 21.7. The summed E-state index contributed by atoms with van der Waals surface area (Å²) < 4.78 is 15.8. The van der Waals surface area contributed by atoms with Crippen LogP contribution in [0.1, 0.15) is 49.5 Å². The standard InChI is InChI=1S/C24H28FN3O2/c1-15-11-21(25)20(22(29)26-10-6-9-24(2,3)4)13-19(15)16-7-8-18-17(12-16)14-27-28(5)23(18)30/h7-8,11-14H,6,9-10H2,1-5H3,(H,26,29). The van der Waals surface area contributed by atoms with Crippen molar-refractivity contribution in [2.24, 2.45) is 12.5 Å². The summed E-state index contributed by atoms with van der Waals surface area (Å²) in [4.78, 5) is 24.8. The zero-order chi connectivity index (χ0) is 22.1. The Kier molecular flexibility index (Phi) is 6.06. The minimum atomic E-state index is -0.541. The van der Waals surface area contributed by atoms with Crippen LogP contribution in [0, 0.1) is 18.2 Å². The van der Waals surface area contributed by atoms with Gasteiger partial charge in [0.2, 0.25) is 0 Å². The second-order valence-electron chi connectivity index (χ2n) is 8.94. The van der Waals surface area contributed by atoms with E-state index >= 15 is 0 Å². The minimum Gasteiger partial charge on any atom is -0.352 e. The summed E-state index contributed by atoms with van der Waals surface area (Å²) in [5.74, 6) is -0.958. The average Bonchev–Trinajstić information content (AvgIpc) is 2.67. The molecule has 3 rings (SSSR count). The van der Waals surface area contributed by atoms with Crippen LogP contribution in [0.15, 0.2) is 41.3 Å². The normalized spacial score (nSPS) is 11.7. The van der Waals surface area contributed by atoms with E-state index < -0.39 is 11.7 Å². The predicted molar refractivity (Wildman–Crippen MR) is 118 cm³/mol. The molecule has 0 fully saturated rings. The van der Waals surface area contributed by atoms with E-state index in [4.69, 9.17) is 0 Å². The summed E-state index contributed by atoms with van der Waals surface area (Å²) in [6.45, 7) is 8.75. The molecule has 0 aliphatic carbocycles. The van der Waals surface area contributed by atoms with Crippen molar-refractivity contribution in [3.63, 3.8) is 0 Å². The van der Waals surface area contributed by atoms with E-state index in [-0.39, 0.29) is 16.5 Å². The fourth-order valence-corrected chi connectivity index (χ4v) is 3.48. The maximum absolute atomic E-state index is 14.5. The number of nitrogens with zero attached hydrogens (tertiary/aromatic N) is 2. The van der Waals surface area contributed by atoms with Gasteiger partial charge in [0.05, 0.1) is 17.1 Å². The quantitative estimate of drug-likeness (QED) is 0.626. The van der Waals surface area contributed by atoms with Gasteiger partial charge < -0.3 is 5.32 Å². The van der Waals surface area contributed by atoms with Gasteiger partial charge in [0, 0.05) is 19.0 Å². The molecule has 1 heterocycles. The van der Waals surface area contributed by atoms with E-state index in [1.807, 2.05) is 12.1 Å². The summed E-state index contributed by atoms with van der Waals surface area (Å²) in [7, 11) is 1.60. The van der Waals surface area contributed by atoms with Gasteiger partial charge in [-0.1, -0.05) is 26.8 Å². The van der Waals surface area contributed by atoms with Crippen molar-refractivity contribution in [3.8, 4) is 11.1 Å². The molecule has 0 aliphatic rings. The van der Waals surface area contributed by atoms with Gasteiger partial charge in [0.25, 0.3) is 11.5 Å². The third-order valence-corrected chi connectivity index (χ3v) is 5.20. The fraction of sp³-hybridized carbons (Fsp3) is 0.375. The van der Waals surface area contributed by atoms with Crippen LogP contribution in [0.2, 0.25) is 0 Å². The summed E-state index contributed by atoms with van der Waals surface area (Å²) in [5.41, 5.74) is 2.31. The SMILES string of the molecule is Cc1cc(F)c(C(=O)NCCCC(C)(C)C)cc1-c1ccc2c(=O)n(C)ncc2c1. The molecule has 30 heavy (non-hydrogen) atoms. The van der Waals surface area contributed by atoms with E-state index in [1.54, 1.807) is 32.3 Å². The van der Waals surface area contributed by atoms with Crippen LogP contribution in [-0.4, -0.2) is 22.2 Å². The van der Waals surface area contributed by atoms with Crippen molar-refractivity contribution < 1.29 is 9.18 Å². The first-order valence-corrected chi connectivity index (χ1v) is 10.1. The van der Waals surface area contributed by atoms with Crippen molar-refractivity contribution in [2.45, 2.75) is 40.5 Å². The molecule has 1 N–H and O–H groups in total. The van der Waals surface area contributed by atoms with Gasteiger partial charge in [-0.25, -0.2) is 9.07 Å². The maximum Gasteiger partial charge on any atom is 0.274 e. The molecule has 0 aliphatic heterocycles. The molecule has 0 saturated carbocycles. The van der Waals surface area contributed by atoms with Crippen molar-refractivity contribution in [3.05, 3.63) is 63.8 Å². The van der Waals surface area contributed by atoms with Crippen molar-refractivity contribution >= 4 is 16.7 Å². The molecule has 1 amide bonds. The third-order valence-electron chi connectivity index (χ3n) is 5.20. The lowest BCUT2D eigenvalue weighted by molar-refractivity contribution is 0.0947. The highest BCUT2D eigenvalue weighted by Gasteiger charge is 2.16. The number of hydrogen-bond donors (Lipinski definition) is 1. The van der Waals surface area contributed by atoms with E-state index in [0.29, 0.717) is 22.9 Å². The van der Waals surface area contributed by atoms with E-state index in [2.05, 4.69) is 31.2 Å². The van der Waals surface area contributed by atoms with Gasteiger partial charge in [0.1, 0.15) is 5.82 Å². The number of aromatic nitrogens is 2. The fourth-order valence-electron chi connectivity index (χ4n) is 3.48. The number of carbonyl (C=O) groups excluding carboxylic acids is 1. The van der Waals surface area contributed by atoms with Gasteiger partial charge >= 0.3 is 0 Å². The smallest absolute Gasteiger partial charge is 0.274 e. The van der Waals surface area contributed by atoms with E-state index in [9.17, 15) is 14.0 Å². The lowest BCUT2D eigenvalue weighted by Crippen LogP contribution is -2.26. The number of amides is 1. The second-order valence-corrected chi connectivity index (χ2v) is 8.94. The molecule has 0 bridgehead atoms. The molecule has 1 aromatic heterocycles. The summed E-state index contributed by atoms with van der Waals surface area (Å²) in [6, 6.07) is 8.36. The monoisotopic (exact) mass is 409 g/mol. The van der Waals surface area contributed by atoms with E-state index in [1.165, 1.54) is 10.7 Å². The van der Waals surface area contributed by atoms with Crippen LogP contribution in [-0.2, 0) is 7.05 Å². The Morgan fingerprint density at radius 1 is 1.20 bits per heavy atom. The number of benzene rings is 2. The largest absolute Gasteiger partial charge is 0.352 e. The number of fused-ring (bicyclic) bond motifs is 1. The summed E-state index contributed by atoms with van der Waals surface area (Å²) >= 11 is 0. The summed E-state index contributed by atoms with van der Waals surface area (Å²) in [5, 5.41) is 8.15. The van der Waals surface area contributed by atoms with E-state index in [0.717, 1.165) is 24.0 Å². The Hall–Kier alpha value is -3.02. The topological polar surface area (TPSA) is 64.0 Å². The molecular weight excluding hydrogens is 381 g/mol. The Bertz CT molecular complexity index is 1160.